The van der Waals surface area contributed by atoms with E-state index in [4.69, 9.17) is 5.11 Å². The van der Waals surface area contributed by atoms with Crippen molar-refractivity contribution >= 4 is 28.5 Å². The van der Waals surface area contributed by atoms with Gasteiger partial charge < -0.3 is 10.4 Å². The zero-order chi connectivity index (χ0) is 15.0. The minimum Gasteiger partial charge on any atom is -0.481 e. The van der Waals surface area contributed by atoms with Crippen LogP contribution >= 0.6 is 11.3 Å². The molecule has 0 fully saturated rings. The van der Waals surface area contributed by atoms with Crippen LogP contribution in [0.3, 0.4) is 0 Å². The number of carboxylic acid groups (broad SMARTS) is 1. The van der Waals surface area contributed by atoms with Gasteiger partial charge in [-0.25, -0.2) is 4.79 Å². The number of urea groups is 1. The molecule has 8 heteroatoms. The number of rotatable bonds is 8. The van der Waals surface area contributed by atoms with Gasteiger partial charge in [-0.05, 0) is 24.7 Å². The lowest BCUT2D eigenvalue weighted by molar-refractivity contribution is -0.137. The summed E-state index contributed by atoms with van der Waals surface area (Å²) < 4.78 is 0. The summed E-state index contributed by atoms with van der Waals surface area (Å²) >= 11 is 1.25. The smallest absolute Gasteiger partial charge is 0.321 e. The quantitative estimate of drug-likeness (QED) is 0.682. The maximum absolute atomic E-state index is 11.6. The Bertz CT molecular complexity index is 422. The summed E-state index contributed by atoms with van der Waals surface area (Å²) in [5.41, 5.74) is 1.54. The molecule has 3 N–H and O–H groups in total. The molecule has 0 aliphatic heterocycles. The van der Waals surface area contributed by atoms with Crippen molar-refractivity contribution < 1.29 is 14.7 Å². The molecular formula is C12H20N4O3S. The van der Waals surface area contributed by atoms with E-state index >= 15 is 0 Å². The van der Waals surface area contributed by atoms with E-state index in [0.29, 0.717) is 24.0 Å². The second-order valence-corrected chi connectivity index (χ2v) is 5.68. The zero-order valence-electron chi connectivity index (χ0n) is 11.6. The summed E-state index contributed by atoms with van der Waals surface area (Å²) in [6.07, 6.45) is 1.56. The van der Waals surface area contributed by atoms with Crippen molar-refractivity contribution in [2.75, 3.05) is 11.9 Å². The molecule has 1 aromatic heterocycles. The van der Waals surface area contributed by atoms with E-state index in [2.05, 4.69) is 34.7 Å². The van der Waals surface area contributed by atoms with Gasteiger partial charge in [0, 0.05) is 13.0 Å². The van der Waals surface area contributed by atoms with E-state index in [1.54, 1.807) is 0 Å². The molecule has 0 spiro atoms. The van der Waals surface area contributed by atoms with Crippen LogP contribution in [-0.4, -0.2) is 33.8 Å². The first-order valence-electron chi connectivity index (χ1n) is 6.52. The molecule has 0 saturated carbocycles. The third-order valence-corrected chi connectivity index (χ3v) is 3.66. The average Bonchev–Trinajstić information content (AvgIpc) is 2.85. The summed E-state index contributed by atoms with van der Waals surface area (Å²) in [6.45, 7) is 4.63. The lowest BCUT2D eigenvalue weighted by atomic mass is 9.88. The van der Waals surface area contributed by atoms with Crippen LogP contribution in [0.5, 0.6) is 0 Å². The van der Waals surface area contributed by atoms with E-state index in [9.17, 15) is 9.59 Å². The Kier molecular flexibility index (Phi) is 6.92. The Balaban J connectivity index is 2.25. The fourth-order valence-corrected chi connectivity index (χ4v) is 2.30. The normalized spacial score (nSPS) is 12.2. The molecule has 1 rings (SSSR count). The summed E-state index contributed by atoms with van der Waals surface area (Å²) in [7, 11) is 0. The first-order valence-corrected chi connectivity index (χ1v) is 7.39. The van der Waals surface area contributed by atoms with Crippen LogP contribution in [0.15, 0.2) is 5.51 Å². The first kappa shape index (κ1) is 16.4. The third kappa shape index (κ3) is 6.46. The highest BCUT2D eigenvalue weighted by atomic mass is 32.1. The van der Waals surface area contributed by atoms with Gasteiger partial charge in [-0.3, -0.25) is 10.1 Å². The number of aliphatic carboxylic acids is 1. The molecule has 20 heavy (non-hydrogen) atoms. The number of amides is 2. The average molecular weight is 300 g/mol. The molecule has 2 amide bonds. The van der Waals surface area contributed by atoms with Crippen LogP contribution in [0.1, 0.15) is 33.1 Å². The van der Waals surface area contributed by atoms with Crippen molar-refractivity contribution in [2.45, 2.75) is 33.1 Å². The Morgan fingerprint density at radius 2 is 2.15 bits per heavy atom. The second-order valence-electron chi connectivity index (χ2n) is 4.85. The van der Waals surface area contributed by atoms with E-state index in [-0.39, 0.29) is 18.4 Å². The largest absolute Gasteiger partial charge is 0.481 e. The number of anilines is 1. The Hall–Kier alpha value is -1.70. The molecule has 0 aromatic carbocycles. The molecule has 7 nitrogen and oxygen atoms in total. The number of aromatic nitrogens is 2. The summed E-state index contributed by atoms with van der Waals surface area (Å²) in [5, 5.41) is 21.8. The predicted molar refractivity (Wildman–Crippen MR) is 76.7 cm³/mol. The van der Waals surface area contributed by atoms with Crippen LogP contribution in [-0.2, 0) is 4.79 Å². The van der Waals surface area contributed by atoms with Crippen LogP contribution in [0.4, 0.5) is 9.93 Å². The SMILES string of the molecule is CC(C)C(CCNC(=O)Nc1nncs1)CCC(=O)O. The minimum atomic E-state index is -0.780. The number of carbonyl (C=O) groups is 2. The highest BCUT2D eigenvalue weighted by Crippen LogP contribution is 2.20. The molecule has 1 atom stereocenters. The van der Waals surface area contributed by atoms with Gasteiger partial charge in [0.05, 0.1) is 0 Å². The number of carboxylic acids is 1. The van der Waals surface area contributed by atoms with Crippen molar-refractivity contribution in [1.29, 1.82) is 0 Å². The van der Waals surface area contributed by atoms with E-state index in [1.165, 1.54) is 16.8 Å². The van der Waals surface area contributed by atoms with Crippen molar-refractivity contribution in [3.63, 3.8) is 0 Å². The highest BCUT2D eigenvalue weighted by Gasteiger charge is 2.15. The number of nitrogens with zero attached hydrogens (tertiary/aromatic N) is 2. The van der Waals surface area contributed by atoms with Crippen molar-refractivity contribution in [3.8, 4) is 0 Å². The molecule has 0 aliphatic carbocycles. The molecule has 0 saturated heterocycles. The van der Waals surface area contributed by atoms with Crippen molar-refractivity contribution in [2.24, 2.45) is 11.8 Å². The van der Waals surface area contributed by atoms with Gasteiger partial charge in [0.1, 0.15) is 5.51 Å². The fourth-order valence-electron chi connectivity index (χ4n) is 1.86. The predicted octanol–water partition coefficient (Wildman–Crippen LogP) is 2.19. The molecular weight excluding hydrogens is 280 g/mol. The van der Waals surface area contributed by atoms with Crippen LogP contribution in [0.2, 0.25) is 0 Å². The number of carbonyl (C=O) groups excluding carboxylic acids is 1. The van der Waals surface area contributed by atoms with Gasteiger partial charge in [-0.15, -0.1) is 10.2 Å². The zero-order valence-corrected chi connectivity index (χ0v) is 12.4. The number of nitrogens with one attached hydrogen (secondary N) is 2. The first-order chi connectivity index (χ1) is 9.49. The molecule has 0 radical (unpaired) electrons. The molecule has 1 heterocycles. The second kappa shape index (κ2) is 8.47. The summed E-state index contributed by atoms with van der Waals surface area (Å²) in [4.78, 5) is 22.1. The minimum absolute atomic E-state index is 0.166. The van der Waals surface area contributed by atoms with E-state index in [0.717, 1.165) is 6.42 Å². The third-order valence-electron chi connectivity index (χ3n) is 3.05. The lowest BCUT2D eigenvalue weighted by Crippen LogP contribution is -2.31. The van der Waals surface area contributed by atoms with Crippen LogP contribution < -0.4 is 10.6 Å². The van der Waals surface area contributed by atoms with Crippen molar-refractivity contribution in [1.82, 2.24) is 15.5 Å². The maximum Gasteiger partial charge on any atom is 0.321 e. The van der Waals surface area contributed by atoms with E-state index < -0.39 is 5.97 Å². The van der Waals surface area contributed by atoms with Gasteiger partial charge in [0.25, 0.3) is 0 Å². The number of hydrogen-bond donors (Lipinski definition) is 3. The molecule has 1 aromatic rings. The number of hydrogen-bond acceptors (Lipinski definition) is 5. The summed E-state index contributed by atoms with van der Waals surface area (Å²) in [5.74, 6) is -0.104. The standard InChI is InChI=1S/C12H20N4O3S/c1-8(2)9(3-4-10(17)18)5-6-13-11(19)15-12-16-14-7-20-12/h7-9H,3-6H2,1-2H3,(H,17,18)(H2,13,15,16,19). The monoisotopic (exact) mass is 300 g/mol. The van der Waals surface area contributed by atoms with Gasteiger partial charge in [0.15, 0.2) is 0 Å². The van der Waals surface area contributed by atoms with E-state index in [1.807, 2.05) is 0 Å². The molecule has 1 unspecified atom stereocenters. The fraction of sp³-hybridized carbons (Fsp3) is 0.667. The van der Waals surface area contributed by atoms with Gasteiger partial charge in [0.2, 0.25) is 5.13 Å². The topological polar surface area (TPSA) is 104 Å². The summed E-state index contributed by atoms with van der Waals surface area (Å²) in [6, 6.07) is -0.317. The molecule has 112 valence electrons. The van der Waals surface area contributed by atoms with Gasteiger partial charge >= 0.3 is 12.0 Å². The van der Waals surface area contributed by atoms with Gasteiger partial charge in [-0.1, -0.05) is 25.2 Å². The maximum atomic E-state index is 11.6. The molecule has 0 aliphatic rings. The highest BCUT2D eigenvalue weighted by molar-refractivity contribution is 7.13. The van der Waals surface area contributed by atoms with Crippen LogP contribution in [0, 0.1) is 11.8 Å². The Morgan fingerprint density at radius 3 is 2.70 bits per heavy atom. The van der Waals surface area contributed by atoms with Crippen molar-refractivity contribution in [3.05, 3.63) is 5.51 Å². The van der Waals surface area contributed by atoms with Crippen LogP contribution in [0.25, 0.3) is 0 Å². The Morgan fingerprint density at radius 1 is 1.40 bits per heavy atom. The lowest BCUT2D eigenvalue weighted by Gasteiger charge is -2.20. The molecule has 0 bridgehead atoms. The Labute approximate surface area is 121 Å². The van der Waals surface area contributed by atoms with Gasteiger partial charge in [-0.2, -0.15) is 0 Å².